The fourth-order valence-electron chi connectivity index (χ4n) is 2.68. The summed E-state index contributed by atoms with van der Waals surface area (Å²) >= 11 is 0. The van der Waals surface area contributed by atoms with Gasteiger partial charge in [-0.05, 0) is 55.9 Å². The maximum absolute atomic E-state index is 12.5. The lowest BCUT2D eigenvalue weighted by molar-refractivity contribution is -0.131. The van der Waals surface area contributed by atoms with Crippen LogP contribution in [-0.2, 0) is 16.1 Å². The van der Waals surface area contributed by atoms with Crippen LogP contribution in [0.15, 0.2) is 48.5 Å². The predicted molar refractivity (Wildman–Crippen MR) is 108 cm³/mol. The molecule has 1 N–H and O–H groups in total. The van der Waals surface area contributed by atoms with Crippen LogP contribution in [0.2, 0.25) is 0 Å². The van der Waals surface area contributed by atoms with Gasteiger partial charge in [0.1, 0.15) is 5.75 Å². The second-order valence-electron chi connectivity index (χ2n) is 6.72. The van der Waals surface area contributed by atoms with Gasteiger partial charge in [0.15, 0.2) is 6.10 Å². The van der Waals surface area contributed by atoms with E-state index < -0.39 is 6.10 Å². The third kappa shape index (κ3) is 6.69. The molecule has 0 spiro atoms. The van der Waals surface area contributed by atoms with Gasteiger partial charge in [0.05, 0.1) is 18.2 Å². The normalized spacial score (nSPS) is 11.7. The standard InChI is InChI=1S/C22H27N3O3/c1-25(2)13-4-14-28-20-11-9-19(10-12-20)21(27-3)22(26)24-16-18-7-5-17(15-23)6-8-18/h5-12,21H,4,13-14,16H2,1-3H3,(H,24,26)/t21-/m0/s1. The van der Waals surface area contributed by atoms with Crippen LogP contribution in [-0.4, -0.2) is 45.2 Å². The third-order valence-corrected chi connectivity index (χ3v) is 4.22. The number of nitrogens with one attached hydrogen (secondary N) is 1. The molecule has 1 amide bonds. The highest BCUT2D eigenvalue weighted by Gasteiger charge is 2.19. The van der Waals surface area contributed by atoms with Gasteiger partial charge in [-0.2, -0.15) is 5.26 Å². The van der Waals surface area contributed by atoms with E-state index >= 15 is 0 Å². The van der Waals surface area contributed by atoms with Crippen LogP contribution < -0.4 is 10.1 Å². The average Bonchev–Trinajstić information content (AvgIpc) is 2.71. The molecule has 0 saturated heterocycles. The zero-order valence-corrected chi connectivity index (χ0v) is 16.6. The molecule has 2 aromatic carbocycles. The first kappa shape index (κ1) is 21.4. The summed E-state index contributed by atoms with van der Waals surface area (Å²) in [6.07, 6.45) is 0.258. The number of hydrogen-bond donors (Lipinski definition) is 1. The SMILES string of the molecule is CO[C@H](C(=O)NCc1ccc(C#N)cc1)c1ccc(OCCCN(C)C)cc1. The Balaban J connectivity index is 1.88. The summed E-state index contributed by atoms with van der Waals surface area (Å²) in [5.74, 6) is 0.557. The summed E-state index contributed by atoms with van der Waals surface area (Å²) in [5, 5.41) is 11.7. The van der Waals surface area contributed by atoms with E-state index in [2.05, 4.69) is 16.3 Å². The van der Waals surface area contributed by atoms with E-state index in [1.54, 1.807) is 12.1 Å². The van der Waals surface area contributed by atoms with Gasteiger partial charge in [-0.3, -0.25) is 4.79 Å². The summed E-state index contributed by atoms with van der Waals surface area (Å²) in [4.78, 5) is 14.6. The van der Waals surface area contributed by atoms with Crippen LogP contribution in [0.5, 0.6) is 5.75 Å². The van der Waals surface area contributed by atoms with Crippen LogP contribution in [0.1, 0.15) is 29.2 Å². The molecule has 0 bridgehead atoms. The zero-order valence-electron chi connectivity index (χ0n) is 16.6. The Morgan fingerprint density at radius 3 is 2.39 bits per heavy atom. The number of ether oxygens (including phenoxy) is 2. The van der Waals surface area contributed by atoms with Crippen LogP contribution in [0, 0.1) is 11.3 Å². The minimum Gasteiger partial charge on any atom is -0.494 e. The van der Waals surface area contributed by atoms with Crippen molar-refractivity contribution in [1.82, 2.24) is 10.2 Å². The molecular formula is C22H27N3O3. The first-order chi connectivity index (χ1) is 13.5. The number of nitriles is 1. The van der Waals surface area contributed by atoms with E-state index in [-0.39, 0.29) is 5.91 Å². The quantitative estimate of drug-likeness (QED) is 0.641. The van der Waals surface area contributed by atoms with Crippen molar-refractivity contribution < 1.29 is 14.3 Å². The smallest absolute Gasteiger partial charge is 0.254 e. The van der Waals surface area contributed by atoms with E-state index in [9.17, 15) is 4.79 Å². The first-order valence-corrected chi connectivity index (χ1v) is 9.20. The van der Waals surface area contributed by atoms with E-state index in [0.29, 0.717) is 18.7 Å². The summed E-state index contributed by atoms with van der Waals surface area (Å²) in [6.45, 7) is 2.00. The Hall–Kier alpha value is -2.88. The molecule has 0 unspecified atom stereocenters. The Morgan fingerprint density at radius 1 is 1.14 bits per heavy atom. The molecule has 0 aliphatic carbocycles. The summed E-state index contributed by atoms with van der Waals surface area (Å²) < 4.78 is 11.1. The van der Waals surface area contributed by atoms with Gasteiger partial charge in [0.25, 0.3) is 5.91 Å². The second-order valence-corrected chi connectivity index (χ2v) is 6.72. The van der Waals surface area contributed by atoms with Crippen molar-refractivity contribution >= 4 is 5.91 Å². The highest BCUT2D eigenvalue weighted by molar-refractivity contribution is 5.82. The van der Waals surface area contributed by atoms with E-state index in [0.717, 1.165) is 29.8 Å². The first-order valence-electron chi connectivity index (χ1n) is 9.20. The van der Waals surface area contributed by atoms with E-state index in [1.165, 1.54) is 7.11 Å². The molecule has 0 aliphatic rings. The number of benzene rings is 2. The Morgan fingerprint density at radius 2 is 1.82 bits per heavy atom. The van der Waals surface area contributed by atoms with Crippen LogP contribution in [0.3, 0.4) is 0 Å². The number of carbonyl (C=O) groups excluding carboxylic acids is 1. The fraction of sp³-hybridized carbons (Fsp3) is 0.364. The molecule has 0 fully saturated rings. The number of methoxy groups -OCH3 is 1. The lowest BCUT2D eigenvalue weighted by Crippen LogP contribution is -2.29. The van der Waals surface area contributed by atoms with E-state index in [1.807, 2.05) is 50.5 Å². The predicted octanol–water partition coefficient (Wildman–Crippen LogP) is 2.89. The maximum Gasteiger partial charge on any atom is 0.254 e. The topological polar surface area (TPSA) is 74.6 Å². The van der Waals surface area contributed by atoms with Gasteiger partial charge in [0.2, 0.25) is 0 Å². The largest absolute Gasteiger partial charge is 0.494 e. The van der Waals surface area contributed by atoms with Gasteiger partial charge in [-0.25, -0.2) is 0 Å². The zero-order chi connectivity index (χ0) is 20.4. The number of amides is 1. The Kier molecular flexibility index (Phi) is 8.47. The lowest BCUT2D eigenvalue weighted by atomic mass is 10.1. The van der Waals surface area contributed by atoms with Crippen LogP contribution >= 0.6 is 0 Å². The molecule has 0 radical (unpaired) electrons. The molecule has 2 aromatic rings. The van der Waals surface area contributed by atoms with Crippen molar-refractivity contribution in [2.24, 2.45) is 0 Å². The molecule has 28 heavy (non-hydrogen) atoms. The number of nitrogens with zero attached hydrogens (tertiary/aromatic N) is 2. The van der Waals surface area contributed by atoms with Crippen LogP contribution in [0.25, 0.3) is 0 Å². The van der Waals surface area contributed by atoms with Crippen molar-refractivity contribution in [3.8, 4) is 11.8 Å². The molecule has 148 valence electrons. The Bertz CT molecular complexity index is 780. The van der Waals surface area contributed by atoms with Crippen LogP contribution in [0.4, 0.5) is 0 Å². The van der Waals surface area contributed by atoms with Crippen molar-refractivity contribution in [2.45, 2.75) is 19.1 Å². The molecule has 0 heterocycles. The second kappa shape index (κ2) is 11.1. The van der Waals surface area contributed by atoms with Crippen molar-refractivity contribution in [3.63, 3.8) is 0 Å². The molecule has 0 saturated carbocycles. The van der Waals surface area contributed by atoms with Gasteiger partial charge >= 0.3 is 0 Å². The molecule has 2 rings (SSSR count). The van der Waals surface area contributed by atoms with Gasteiger partial charge < -0.3 is 19.7 Å². The molecule has 1 atom stereocenters. The molecular weight excluding hydrogens is 354 g/mol. The van der Waals surface area contributed by atoms with Crippen molar-refractivity contribution in [1.29, 1.82) is 5.26 Å². The monoisotopic (exact) mass is 381 g/mol. The maximum atomic E-state index is 12.5. The van der Waals surface area contributed by atoms with Crippen molar-refractivity contribution in [3.05, 3.63) is 65.2 Å². The van der Waals surface area contributed by atoms with Gasteiger partial charge in [-0.15, -0.1) is 0 Å². The number of carbonyl (C=O) groups is 1. The summed E-state index contributed by atoms with van der Waals surface area (Å²) in [6, 6.07) is 16.6. The summed E-state index contributed by atoms with van der Waals surface area (Å²) in [7, 11) is 5.58. The van der Waals surface area contributed by atoms with Gasteiger partial charge in [0, 0.05) is 20.2 Å². The molecule has 6 heteroatoms. The number of rotatable bonds is 10. The number of hydrogen-bond acceptors (Lipinski definition) is 5. The molecule has 0 aromatic heterocycles. The van der Waals surface area contributed by atoms with Gasteiger partial charge in [-0.1, -0.05) is 24.3 Å². The van der Waals surface area contributed by atoms with E-state index in [4.69, 9.17) is 14.7 Å². The fourth-order valence-corrected chi connectivity index (χ4v) is 2.68. The average molecular weight is 381 g/mol. The third-order valence-electron chi connectivity index (χ3n) is 4.22. The van der Waals surface area contributed by atoms with Crippen molar-refractivity contribution in [2.75, 3.05) is 34.4 Å². The minimum atomic E-state index is -0.693. The Labute approximate surface area is 166 Å². The lowest BCUT2D eigenvalue weighted by Gasteiger charge is -2.16. The highest BCUT2D eigenvalue weighted by Crippen LogP contribution is 2.21. The molecule has 6 nitrogen and oxygen atoms in total. The summed E-state index contributed by atoms with van der Waals surface area (Å²) in [5.41, 5.74) is 2.28. The minimum absolute atomic E-state index is 0.216. The molecule has 0 aliphatic heterocycles. The highest BCUT2D eigenvalue weighted by atomic mass is 16.5.